The van der Waals surface area contributed by atoms with Gasteiger partial charge in [-0.25, -0.2) is 4.79 Å². The van der Waals surface area contributed by atoms with Crippen LogP contribution in [0.3, 0.4) is 0 Å². The molecule has 2 N–H and O–H groups in total. The van der Waals surface area contributed by atoms with Crippen molar-refractivity contribution in [2.75, 3.05) is 6.54 Å². The Bertz CT molecular complexity index is 421. The smallest absolute Gasteiger partial charge is 0.356 e. The zero-order chi connectivity index (χ0) is 10.4. The lowest BCUT2D eigenvalue weighted by Crippen LogP contribution is -2.25. The van der Waals surface area contributed by atoms with E-state index in [0.717, 1.165) is 37.1 Å². The molecule has 15 heavy (non-hydrogen) atoms. The molecule has 1 aromatic heterocycles. The number of aromatic carboxylic acids is 1. The molecule has 0 unspecified atom stereocenters. The lowest BCUT2D eigenvalue weighted by Gasteiger charge is -2.14. The molecule has 0 amide bonds. The topological polar surface area (TPSA) is 67.1 Å². The largest absolute Gasteiger partial charge is 0.476 e. The molecule has 2 heterocycles. The number of aromatic nitrogens is 2. The Kier molecular flexibility index (Phi) is 1.82. The molecular formula is C10H13N3O2. The predicted molar refractivity (Wildman–Crippen MR) is 52.9 cm³/mol. The second-order valence-corrected chi connectivity index (χ2v) is 4.18. The summed E-state index contributed by atoms with van der Waals surface area (Å²) in [4.78, 5) is 11.0. The Labute approximate surface area is 87.1 Å². The van der Waals surface area contributed by atoms with Gasteiger partial charge >= 0.3 is 5.97 Å². The van der Waals surface area contributed by atoms with Gasteiger partial charge in [0.25, 0.3) is 0 Å². The molecule has 0 bridgehead atoms. The number of fused-ring (bicyclic) bond motifs is 1. The van der Waals surface area contributed by atoms with Crippen molar-refractivity contribution in [3.63, 3.8) is 0 Å². The zero-order valence-electron chi connectivity index (χ0n) is 8.36. The molecule has 5 nitrogen and oxygen atoms in total. The van der Waals surface area contributed by atoms with Crippen LogP contribution in [0.5, 0.6) is 0 Å². The third kappa shape index (κ3) is 1.34. The molecule has 2 aliphatic rings. The van der Waals surface area contributed by atoms with Crippen LogP contribution < -0.4 is 5.32 Å². The van der Waals surface area contributed by atoms with E-state index in [1.807, 2.05) is 4.68 Å². The predicted octanol–water partition coefficient (Wildman–Crippen LogP) is 0.562. The van der Waals surface area contributed by atoms with Crippen molar-refractivity contribution in [2.24, 2.45) is 0 Å². The maximum Gasteiger partial charge on any atom is 0.356 e. The van der Waals surface area contributed by atoms with Crippen molar-refractivity contribution in [1.29, 1.82) is 0 Å². The van der Waals surface area contributed by atoms with E-state index in [9.17, 15) is 4.79 Å². The monoisotopic (exact) mass is 207 g/mol. The van der Waals surface area contributed by atoms with Crippen LogP contribution in [0.15, 0.2) is 0 Å². The third-order valence-corrected chi connectivity index (χ3v) is 3.05. The van der Waals surface area contributed by atoms with E-state index >= 15 is 0 Å². The second kappa shape index (κ2) is 3.06. The number of carboxylic acid groups (broad SMARTS) is 1. The van der Waals surface area contributed by atoms with Crippen LogP contribution in [0.4, 0.5) is 0 Å². The van der Waals surface area contributed by atoms with E-state index in [1.54, 1.807) is 0 Å². The van der Waals surface area contributed by atoms with Gasteiger partial charge in [-0.3, -0.25) is 4.68 Å². The van der Waals surface area contributed by atoms with Crippen LogP contribution in [0.2, 0.25) is 0 Å². The quantitative estimate of drug-likeness (QED) is 0.743. The van der Waals surface area contributed by atoms with Crippen molar-refractivity contribution < 1.29 is 9.90 Å². The lowest BCUT2D eigenvalue weighted by atomic mass is 10.1. The second-order valence-electron chi connectivity index (χ2n) is 4.18. The molecule has 0 spiro atoms. The molecule has 5 heteroatoms. The maximum absolute atomic E-state index is 11.0. The van der Waals surface area contributed by atoms with Crippen LogP contribution in [0.25, 0.3) is 0 Å². The van der Waals surface area contributed by atoms with Gasteiger partial charge in [-0.2, -0.15) is 5.10 Å². The molecular weight excluding hydrogens is 194 g/mol. The Morgan fingerprint density at radius 3 is 3.00 bits per heavy atom. The lowest BCUT2D eigenvalue weighted by molar-refractivity contribution is 0.0688. The summed E-state index contributed by atoms with van der Waals surface area (Å²) in [6.45, 7) is 1.56. The summed E-state index contributed by atoms with van der Waals surface area (Å²) >= 11 is 0. The first kappa shape index (κ1) is 8.91. The summed E-state index contributed by atoms with van der Waals surface area (Å²) in [5.74, 6) is -0.908. The first-order chi connectivity index (χ1) is 7.27. The highest BCUT2D eigenvalue weighted by Crippen LogP contribution is 2.37. The van der Waals surface area contributed by atoms with Gasteiger partial charge in [0, 0.05) is 30.8 Å². The van der Waals surface area contributed by atoms with Crippen LogP contribution in [0, 0.1) is 0 Å². The molecule has 1 aromatic rings. The molecule has 1 aliphatic carbocycles. The normalized spacial score (nSPS) is 20.0. The molecule has 0 atom stereocenters. The van der Waals surface area contributed by atoms with E-state index < -0.39 is 5.97 Å². The Hall–Kier alpha value is -1.36. The molecule has 0 radical (unpaired) electrons. The molecule has 1 aliphatic heterocycles. The molecule has 0 aromatic carbocycles. The molecule has 80 valence electrons. The van der Waals surface area contributed by atoms with E-state index in [2.05, 4.69) is 10.4 Å². The average Bonchev–Trinajstić information content (AvgIpc) is 2.99. The SMILES string of the molecule is O=C(O)c1nn(C2CC2)c2c1CNCC2. The fourth-order valence-electron chi connectivity index (χ4n) is 2.17. The minimum atomic E-state index is -0.908. The van der Waals surface area contributed by atoms with Gasteiger partial charge in [-0.1, -0.05) is 0 Å². The van der Waals surface area contributed by atoms with Crippen LogP contribution in [-0.2, 0) is 13.0 Å². The van der Waals surface area contributed by atoms with Gasteiger partial charge in [0.1, 0.15) is 0 Å². The minimum Gasteiger partial charge on any atom is -0.476 e. The summed E-state index contributed by atoms with van der Waals surface area (Å²) in [6, 6.07) is 0.463. The number of carbonyl (C=O) groups is 1. The van der Waals surface area contributed by atoms with Crippen molar-refractivity contribution in [3.05, 3.63) is 17.0 Å². The first-order valence-corrected chi connectivity index (χ1v) is 5.31. The fourth-order valence-corrected chi connectivity index (χ4v) is 2.17. The Balaban J connectivity index is 2.11. The van der Waals surface area contributed by atoms with E-state index in [1.165, 1.54) is 0 Å². The number of hydrogen-bond donors (Lipinski definition) is 2. The highest BCUT2D eigenvalue weighted by molar-refractivity contribution is 5.87. The number of nitrogens with one attached hydrogen (secondary N) is 1. The van der Waals surface area contributed by atoms with Gasteiger partial charge in [0.15, 0.2) is 5.69 Å². The van der Waals surface area contributed by atoms with Crippen molar-refractivity contribution in [3.8, 4) is 0 Å². The maximum atomic E-state index is 11.0. The van der Waals surface area contributed by atoms with Gasteiger partial charge in [0.05, 0.1) is 6.04 Å². The number of hydrogen-bond acceptors (Lipinski definition) is 3. The van der Waals surface area contributed by atoms with Crippen LogP contribution >= 0.6 is 0 Å². The molecule has 0 saturated heterocycles. The van der Waals surface area contributed by atoms with E-state index in [0.29, 0.717) is 12.6 Å². The van der Waals surface area contributed by atoms with Gasteiger partial charge in [0.2, 0.25) is 0 Å². The van der Waals surface area contributed by atoms with Crippen molar-refractivity contribution in [2.45, 2.75) is 31.8 Å². The Morgan fingerprint density at radius 2 is 2.33 bits per heavy atom. The van der Waals surface area contributed by atoms with Crippen LogP contribution in [-0.4, -0.2) is 27.4 Å². The Morgan fingerprint density at radius 1 is 1.53 bits per heavy atom. The number of rotatable bonds is 2. The summed E-state index contributed by atoms with van der Waals surface area (Å²) in [7, 11) is 0. The highest BCUT2D eigenvalue weighted by Gasteiger charge is 2.32. The highest BCUT2D eigenvalue weighted by atomic mass is 16.4. The molecule has 1 saturated carbocycles. The van der Waals surface area contributed by atoms with Crippen molar-refractivity contribution in [1.82, 2.24) is 15.1 Å². The third-order valence-electron chi connectivity index (χ3n) is 3.05. The van der Waals surface area contributed by atoms with Gasteiger partial charge < -0.3 is 10.4 Å². The average molecular weight is 207 g/mol. The minimum absolute atomic E-state index is 0.240. The molecule has 1 fully saturated rings. The standard InChI is InChI=1S/C10H13N3O2/c14-10(15)9-7-5-11-4-3-8(7)13(12-9)6-1-2-6/h6,11H,1-5H2,(H,14,15). The fraction of sp³-hybridized carbons (Fsp3) is 0.600. The summed E-state index contributed by atoms with van der Waals surface area (Å²) in [6.07, 6.45) is 3.17. The van der Waals surface area contributed by atoms with E-state index in [4.69, 9.17) is 5.11 Å². The summed E-state index contributed by atoms with van der Waals surface area (Å²) in [5, 5.41) is 16.5. The van der Waals surface area contributed by atoms with E-state index in [-0.39, 0.29) is 5.69 Å². The number of carboxylic acids is 1. The first-order valence-electron chi connectivity index (χ1n) is 5.31. The zero-order valence-corrected chi connectivity index (χ0v) is 8.36. The van der Waals surface area contributed by atoms with Gasteiger partial charge in [-0.05, 0) is 12.8 Å². The number of nitrogens with zero attached hydrogens (tertiary/aromatic N) is 2. The molecule has 3 rings (SSSR count). The van der Waals surface area contributed by atoms with Gasteiger partial charge in [-0.15, -0.1) is 0 Å². The van der Waals surface area contributed by atoms with Crippen LogP contribution in [0.1, 0.15) is 40.6 Å². The summed E-state index contributed by atoms with van der Waals surface area (Å²) < 4.78 is 1.94. The summed E-state index contributed by atoms with van der Waals surface area (Å²) in [5.41, 5.74) is 2.26. The van der Waals surface area contributed by atoms with Crippen molar-refractivity contribution >= 4 is 5.97 Å².